The van der Waals surface area contributed by atoms with Gasteiger partial charge in [0.1, 0.15) is 5.75 Å². The van der Waals surface area contributed by atoms with Gasteiger partial charge in [-0.2, -0.15) is 0 Å². The molecule has 0 radical (unpaired) electrons. The van der Waals surface area contributed by atoms with Crippen LogP contribution in [0.3, 0.4) is 0 Å². The van der Waals surface area contributed by atoms with Gasteiger partial charge in [-0.25, -0.2) is 0 Å². The number of methoxy groups -OCH3 is 1. The summed E-state index contributed by atoms with van der Waals surface area (Å²) in [7, 11) is 5.59. The lowest BCUT2D eigenvalue weighted by atomic mass is 10.0. The summed E-state index contributed by atoms with van der Waals surface area (Å²) >= 11 is 0. The molecule has 3 atom stereocenters. The van der Waals surface area contributed by atoms with E-state index >= 15 is 0 Å². The van der Waals surface area contributed by atoms with Crippen LogP contribution < -0.4 is 15.4 Å². The molecule has 0 unspecified atom stereocenters. The highest BCUT2D eigenvalue weighted by molar-refractivity contribution is 5.82. The van der Waals surface area contributed by atoms with E-state index in [9.17, 15) is 9.90 Å². The Balaban J connectivity index is 2.02. The Morgan fingerprint density at radius 1 is 1.50 bits per heavy atom. The summed E-state index contributed by atoms with van der Waals surface area (Å²) < 4.78 is 5.41. The van der Waals surface area contributed by atoms with Gasteiger partial charge in [-0.1, -0.05) is 18.2 Å². The molecule has 0 aliphatic carbocycles. The predicted molar refractivity (Wildman–Crippen MR) is 84.8 cm³/mol. The van der Waals surface area contributed by atoms with E-state index in [4.69, 9.17) is 4.74 Å². The number of para-hydroxylation sites is 1. The lowest BCUT2D eigenvalue weighted by Gasteiger charge is -2.27. The van der Waals surface area contributed by atoms with Gasteiger partial charge < -0.3 is 25.4 Å². The number of β-amino-alcohol motifs (C(OH)–C–C–N with tert-alkyl or cyclic N) is 1. The average Bonchev–Trinajstić information content (AvgIpc) is 2.94. The number of rotatable bonds is 6. The highest BCUT2D eigenvalue weighted by Crippen LogP contribution is 2.27. The fourth-order valence-corrected chi connectivity index (χ4v) is 2.75. The molecule has 0 spiro atoms. The molecule has 1 aliphatic heterocycles. The van der Waals surface area contributed by atoms with E-state index in [0.29, 0.717) is 19.5 Å². The fraction of sp³-hybridized carbons (Fsp3) is 0.562. The van der Waals surface area contributed by atoms with Crippen LogP contribution in [0.25, 0.3) is 0 Å². The molecule has 0 saturated carbocycles. The van der Waals surface area contributed by atoms with Crippen LogP contribution in [0.2, 0.25) is 0 Å². The smallest absolute Gasteiger partial charge is 0.237 e. The Labute approximate surface area is 131 Å². The van der Waals surface area contributed by atoms with Gasteiger partial charge in [-0.05, 0) is 26.6 Å². The van der Waals surface area contributed by atoms with E-state index in [2.05, 4.69) is 15.5 Å². The van der Waals surface area contributed by atoms with Gasteiger partial charge in [0.2, 0.25) is 5.91 Å². The standard InChI is InChI=1S/C16H25N3O3/c1-19(2)14(12-6-4-5-7-15(12)22-3)10-18-16(21)13-8-11(20)9-17-13/h4-7,11,13-14,17,20H,8-10H2,1-3H3,(H,18,21)/t11-,13-,14-/m0/s1. The molecule has 6 nitrogen and oxygen atoms in total. The molecular formula is C16H25N3O3. The quantitative estimate of drug-likeness (QED) is 0.697. The van der Waals surface area contributed by atoms with Crippen LogP contribution in [0.15, 0.2) is 24.3 Å². The lowest BCUT2D eigenvalue weighted by Crippen LogP contribution is -2.43. The Morgan fingerprint density at radius 2 is 2.23 bits per heavy atom. The molecule has 1 fully saturated rings. The number of carbonyl (C=O) groups excluding carboxylic acids is 1. The SMILES string of the molecule is COc1ccccc1[C@H](CNC(=O)[C@@H]1C[C@H](O)CN1)N(C)C. The second-order valence-electron chi connectivity index (χ2n) is 5.82. The number of benzene rings is 1. The van der Waals surface area contributed by atoms with Crippen molar-refractivity contribution in [3.8, 4) is 5.75 Å². The Hall–Kier alpha value is -1.63. The summed E-state index contributed by atoms with van der Waals surface area (Å²) in [4.78, 5) is 14.2. The third kappa shape index (κ3) is 3.97. The number of amides is 1. The number of hydrogen-bond acceptors (Lipinski definition) is 5. The molecule has 1 heterocycles. The van der Waals surface area contributed by atoms with Crippen LogP contribution in [-0.4, -0.2) is 62.4 Å². The largest absolute Gasteiger partial charge is 0.496 e. The molecule has 3 N–H and O–H groups in total. The van der Waals surface area contributed by atoms with Crippen molar-refractivity contribution >= 4 is 5.91 Å². The second-order valence-corrected chi connectivity index (χ2v) is 5.82. The number of hydrogen-bond donors (Lipinski definition) is 3. The summed E-state index contributed by atoms with van der Waals surface area (Å²) in [5.41, 5.74) is 1.04. The van der Waals surface area contributed by atoms with Gasteiger partial charge in [-0.3, -0.25) is 4.79 Å². The minimum atomic E-state index is -0.436. The van der Waals surface area contributed by atoms with Crippen molar-refractivity contribution in [2.45, 2.75) is 24.6 Å². The van der Waals surface area contributed by atoms with Crippen LogP contribution in [-0.2, 0) is 4.79 Å². The first-order valence-electron chi connectivity index (χ1n) is 7.51. The monoisotopic (exact) mass is 307 g/mol. The molecule has 1 aromatic carbocycles. The van der Waals surface area contributed by atoms with Gasteiger partial charge in [0.25, 0.3) is 0 Å². The number of carbonyl (C=O) groups is 1. The highest BCUT2D eigenvalue weighted by Gasteiger charge is 2.28. The Kier molecular flexibility index (Phi) is 5.76. The zero-order valence-corrected chi connectivity index (χ0v) is 13.4. The Bertz CT molecular complexity index is 507. The number of nitrogens with zero attached hydrogens (tertiary/aromatic N) is 1. The van der Waals surface area contributed by atoms with Crippen LogP contribution in [0.5, 0.6) is 5.75 Å². The topological polar surface area (TPSA) is 73.8 Å². The third-order valence-electron chi connectivity index (χ3n) is 4.02. The minimum absolute atomic E-state index is 0.0198. The molecule has 1 saturated heterocycles. The first-order chi connectivity index (χ1) is 10.5. The van der Waals surface area contributed by atoms with E-state index in [1.165, 1.54) is 0 Å². The fourth-order valence-electron chi connectivity index (χ4n) is 2.75. The molecular weight excluding hydrogens is 282 g/mol. The van der Waals surface area contributed by atoms with Gasteiger partial charge in [0.05, 0.1) is 25.3 Å². The molecule has 2 rings (SSSR count). The number of aliphatic hydroxyl groups is 1. The number of aliphatic hydroxyl groups excluding tert-OH is 1. The van der Waals surface area contributed by atoms with Crippen LogP contribution in [0.4, 0.5) is 0 Å². The van der Waals surface area contributed by atoms with Crippen molar-refractivity contribution in [2.75, 3.05) is 34.3 Å². The van der Waals surface area contributed by atoms with Gasteiger partial charge in [0.15, 0.2) is 0 Å². The van der Waals surface area contributed by atoms with Crippen molar-refractivity contribution in [3.63, 3.8) is 0 Å². The second kappa shape index (κ2) is 7.58. The van der Waals surface area contributed by atoms with E-state index in [1.807, 2.05) is 38.4 Å². The summed E-state index contributed by atoms with van der Waals surface area (Å²) in [6.07, 6.45) is 0.0299. The molecule has 0 aromatic heterocycles. The third-order valence-corrected chi connectivity index (χ3v) is 4.02. The van der Waals surface area contributed by atoms with Crippen molar-refractivity contribution in [1.82, 2.24) is 15.5 Å². The van der Waals surface area contributed by atoms with E-state index < -0.39 is 6.10 Å². The lowest BCUT2D eigenvalue weighted by molar-refractivity contribution is -0.123. The maximum atomic E-state index is 12.2. The van der Waals surface area contributed by atoms with Crippen LogP contribution in [0.1, 0.15) is 18.0 Å². The zero-order valence-electron chi connectivity index (χ0n) is 13.4. The molecule has 1 amide bonds. The van der Waals surface area contributed by atoms with Crippen LogP contribution in [0, 0.1) is 0 Å². The molecule has 122 valence electrons. The van der Waals surface area contributed by atoms with Gasteiger partial charge >= 0.3 is 0 Å². The summed E-state index contributed by atoms with van der Waals surface area (Å²) in [5.74, 6) is 0.739. The van der Waals surface area contributed by atoms with Crippen LogP contribution >= 0.6 is 0 Å². The van der Waals surface area contributed by atoms with Crippen molar-refractivity contribution in [2.24, 2.45) is 0 Å². The molecule has 1 aromatic rings. The molecule has 1 aliphatic rings. The number of likely N-dealkylation sites (N-methyl/N-ethyl adjacent to an activating group) is 1. The normalized spacial score (nSPS) is 22.6. The van der Waals surface area contributed by atoms with Crippen molar-refractivity contribution in [1.29, 1.82) is 0 Å². The number of nitrogens with one attached hydrogen (secondary N) is 2. The summed E-state index contributed by atoms with van der Waals surface area (Å²) in [5, 5.41) is 15.5. The zero-order chi connectivity index (χ0) is 16.1. The van der Waals surface area contributed by atoms with E-state index in [0.717, 1.165) is 11.3 Å². The maximum Gasteiger partial charge on any atom is 0.237 e. The Morgan fingerprint density at radius 3 is 2.82 bits per heavy atom. The van der Waals surface area contributed by atoms with Crippen molar-refractivity contribution in [3.05, 3.63) is 29.8 Å². The molecule has 6 heteroatoms. The molecule has 0 bridgehead atoms. The van der Waals surface area contributed by atoms with Gasteiger partial charge in [-0.15, -0.1) is 0 Å². The summed E-state index contributed by atoms with van der Waals surface area (Å²) in [6.45, 7) is 0.961. The number of ether oxygens (including phenoxy) is 1. The van der Waals surface area contributed by atoms with E-state index in [-0.39, 0.29) is 18.0 Å². The highest BCUT2D eigenvalue weighted by atomic mass is 16.5. The minimum Gasteiger partial charge on any atom is -0.496 e. The maximum absolute atomic E-state index is 12.2. The molecule has 22 heavy (non-hydrogen) atoms. The predicted octanol–water partition coefficient (Wildman–Crippen LogP) is 0.137. The summed E-state index contributed by atoms with van der Waals surface area (Å²) in [6, 6.07) is 7.53. The first kappa shape index (κ1) is 16.7. The first-order valence-corrected chi connectivity index (χ1v) is 7.51. The average molecular weight is 307 g/mol. The van der Waals surface area contributed by atoms with Gasteiger partial charge in [0, 0.05) is 18.7 Å². The van der Waals surface area contributed by atoms with E-state index in [1.54, 1.807) is 7.11 Å². The van der Waals surface area contributed by atoms with Crippen molar-refractivity contribution < 1.29 is 14.6 Å².